The Bertz CT molecular complexity index is 637. The number of hydrogen-bond donors (Lipinski definition) is 1. The number of halogens is 1. The Balaban J connectivity index is 2.63. The molecule has 0 aliphatic rings. The molecule has 2 rings (SSSR count). The number of nitro groups is 1. The highest BCUT2D eigenvalue weighted by Gasteiger charge is 2.20. The van der Waals surface area contributed by atoms with Gasteiger partial charge in [-0.15, -0.1) is 0 Å². The summed E-state index contributed by atoms with van der Waals surface area (Å²) in [6, 6.07) is 3.66. The van der Waals surface area contributed by atoms with Gasteiger partial charge in [0.2, 0.25) is 0 Å². The molecular formula is C10H5ClN2O5. The Morgan fingerprint density at radius 1 is 1.50 bits per heavy atom. The summed E-state index contributed by atoms with van der Waals surface area (Å²) in [6.07, 6.45) is 0.937. The Morgan fingerprint density at radius 3 is 2.83 bits per heavy atom. The first-order valence-electron chi connectivity index (χ1n) is 4.62. The van der Waals surface area contributed by atoms with E-state index in [2.05, 4.69) is 9.68 Å². The summed E-state index contributed by atoms with van der Waals surface area (Å²) in [5.74, 6) is -1.26. The predicted octanol–water partition coefficient (Wildman–Crippen LogP) is 2.60. The van der Waals surface area contributed by atoms with E-state index in [4.69, 9.17) is 16.7 Å². The number of carboxylic acid groups (broad SMARTS) is 1. The molecule has 0 amide bonds. The second-order valence-corrected chi connectivity index (χ2v) is 3.71. The molecule has 0 aliphatic carbocycles. The maximum Gasteiger partial charge on any atom is 0.341 e. The van der Waals surface area contributed by atoms with Crippen LogP contribution in [0.4, 0.5) is 5.69 Å². The van der Waals surface area contributed by atoms with E-state index in [1.54, 1.807) is 0 Å². The van der Waals surface area contributed by atoms with Gasteiger partial charge in [0.1, 0.15) is 17.5 Å². The van der Waals surface area contributed by atoms with Gasteiger partial charge in [0.05, 0.1) is 9.95 Å². The Kier molecular flexibility index (Phi) is 2.99. The normalized spacial score (nSPS) is 10.3. The van der Waals surface area contributed by atoms with E-state index in [0.717, 1.165) is 12.3 Å². The highest BCUT2D eigenvalue weighted by Crippen LogP contribution is 2.32. The first-order valence-corrected chi connectivity index (χ1v) is 5.00. The van der Waals surface area contributed by atoms with Gasteiger partial charge in [-0.1, -0.05) is 16.8 Å². The molecule has 92 valence electrons. The largest absolute Gasteiger partial charge is 0.477 e. The number of carbonyl (C=O) groups is 1. The van der Waals surface area contributed by atoms with Crippen LogP contribution in [0.15, 0.2) is 29.0 Å². The average Bonchev–Trinajstić information content (AvgIpc) is 2.78. The number of nitrogens with zero attached hydrogens (tertiary/aromatic N) is 2. The summed E-state index contributed by atoms with van der Waals surface area (Å²) in [5.41, 5.74) is -0.334. The zero-order chi connectivity index (χ0) is 13.3. The van der Waals surface area contributed by atoms with Crippen molar-refractivity contribution in [3.63, 3.8) is 0 Å². The molecule has 2 aromatic rings. The molecule has 1 aromatic carbocycles. The van der Waals surface area contributed by atoms with E-state index >= 15 is 0 Å². The van der Waals surface area contributed by atoms with Gasteiger partial charge in [-0.3, -0.25) is 10.1 Å². The van der Waals surface area contributed by atoms with Gasteiger partial charge in [0, 0.05) is 17.7 Å². The van der Waals surface area contributed by atoms with Gasteiger partial charge in [-0.25, -0.2) is 4.79 Å². The lowest BCUT2D eigenvalue weighted by molar-refractivity contribution is -0.384. The van der Waals surface area contributed by atoms with Crippen molar-refractivity contribution in [3.8, 4) is 11.3 Å². The maximum absolute atomic E-state index is 10.9. The van der Waals surface area contributed by atoms with E-state index in [0.29, 0.717) is 0 Å². The number of aromatic carboxylic acids is 1. The van der Waals surface area contributed by atoms with Crippen LogP contribution >= 0.6 is 11.6 Å². The van der Waals surface area contributed by atoms with Crippen LogP contribution in [0, 0.1) is 10.1 Å². The van der Waals surface area contributed by atoms with Crippen molar-refractivity contribution in [3.05, 3.63) is 45.2 Å². The van der Waals surface area contributed by atoms with Gasteiger partial charge in [-0.05, 0) is 6.07 Å². The fourth-order valence-corrected chi connectivity index (χ4v) is 1.60. The lowest BCUT2D eigenvalue weighted by Crippen LogP contribution is -1.97. The number of rotatable bonds is 3. The lowest BCUT2D eigenvalue weighted by Gasteiger charge is -2.01. The van der Waals surface area contributed by atoms with E-state index in [-0.39, 0.29) is 27.5 Å². The zero-order valence-corrected chi connectivity index (χ0v) is 9.42. The summed E-state index contributed by atoms with van der Waals surface area (Å²) in [5, 5.41) is 23.2. The second-order valence-electron chi connectivity index (χ2n) is 3.30. The van der Waals surface area contributed by atoms with Crippen LogP contribution in [-0.2, 0) is 0 Å². The summed E-state index contributed by atoms with van der Waals surface area (Å²) in [7, 11) is 0. The van der Waals surface area contributed by atoms with Gasteiger partial charge >= 0.3 is 5.97 Å². The molecule has 0 saturated carbocycles. The van der Waals surface area contributed by atoms with Crippen LogP contribution in [0.5, 0.6) is 0 Å². The molecule has 0 atom stereocenters. The van der Waals surface area contributed by atoms with Crippen molar-refractivity contribution in [1.29, 1.82) is 0 Å². The van der Waals surface area contributed by atoms with Crippen molar-refractivity contribution in [2.45, 2.75) is 0 Å². The van der Waals surface area contributed by atoms with Gasteiger partial charge in [-0.2, -0.15) is 0 Å². The van der Waals surface area contributed by atoms with Crippen LogP contribution in [0.3, 0.4) is 0 Å². The minimum atomic E-state index is -1.26. The smallest absolute Gasteiger partial charge is 0.341 e. The Labute approximate surface area is 105 Å². The summed E-state index contributed by atoms with van der Waals surface area (Å²) >= 11 is 5.87. The van der Waals surface area contributed by atoms with Crippen molar-refractivity contribution < 1.29 is 19.3 Å². The third-order valence-electron chi connectivity index (χ3n) is 2.22. The van der Waals surface area contributed by atoms with E-state index in [1.165, 1.54) is 12.1 Å². The van der Waals surface area contributed by atoms with Crippen LogP contribution in [-0.4, -0.2) is 21.2 Å². The van der Waals surface area contributed by atoms with Crippen molar-refractivity contribution >= 4 is 23.3 Å². The summed E-state index contributed by atoms with van der Waals surface area (Å²) in [4.78, 5) is 21.0. The molecule has 0 radical (unpaired) electrons. The quantitative estimate of drug-likeness (QED) is 0.677. The highest BCUT2D eigenvalue weighted by atomic mass is 35.5. The second kappa shape index (κ2) is 4.46. The molecule has 1 heterocycles. The third-order valence-corrected chi connectivity index (χ3v) is 2.55. The molecule has 1 N–H and O–H groups in total. The minimum absolute atomic E-state index is 0.0452. The average molecular weight is 269 g/mol. The number of carboxylic acids is 1. The van der Waals surface area contributed by atoms with Gasteiger partial charge in [0.15, 0.2) is 0 Å². The molecule has 7 nitrogen and oxygen atoms in total. The summed E-state index contributed by atoms with van der Waals surface area (Å²) < 4.78 is 4.56. The van der Waals surface area contributed by atoms with Crippen LogP contribution in [0.1, 0.15) is 10.4 Å². The Hall–Kier alpha value is -2.41. The van der Waals surface area contributed by atoms with Crippen molar-refractivity contribution in [2.75, 3.05) is 0 Å². The molecule has 1 aromatic heterocycles. The number of non-ortho nitro benzene ring substituents is 1. The molecule has 18 heavy (non-hydrogen) atoms. The van der Waals surface area contributed by atoms with Crippen LogP contribution < -0.4 is 0 Å². The monoisotopic (exact) mass is 268 g/mol. The molecule has 0 unspecified atom stereocenters. The topological polar surface area (TPSA) is 106 Å². The first-order chi connectivity index (χ1) is 8.50. The van der Waals surface area contributed by atoms with Gasteiger partial charge in [0.25, 0.3) is 5.69 Å². The highest BCUT2D eigenvalue weighted by molar-refractivity contribution is 6.33. The molecule has 0 fully saturated rings. The number of aromatic nitrogens is 1. The van der Waals surface area contributed by atoms with Crippen LogP contribution in [0.25, 0.3) is 11.3 Å². The molecule has 0 bridgehead atoms. The third kappa shape index (κ3) is 2.03. The first kappa shape index (κ1) is 12.1. The zero-order valence-electron chi connectivity index (χ0n) is 8.66. The number of nitro benzene ring substituents is 1. The van der Waals surface area contributed by atoms with E-state index in [1.807, 2.05) is 0 Å². The maximum atomic E-state index is 10.9. The SMILES string of the molecule is O=C(O)c1conc1-c1cc([N+](=O)[O-])ccc1Cl. The van der Waals surface area contributed by atoms with E-state index < -0.39 is 10.9 Å². The predicted molar refractivity (Wildman–Crippen MR) is 60.6 cm³/mol. The molecular weight excluding hydrogens is 264 g/mol. The fraction of sp³-hybridized carbons (Fsp3) is 0. The number of hydrogen-bond acceptors (Lipinski definition) is 5. The van der Waals surface area contributed by atoms with Gasteiger partial charge < -0.3 is 9.63 Å². The van der Waals surface area contributed by atoms with Crippen LogP contribution in [0.2, 0.25) is 5.02 Å². The Morgan fingerprint density at radius 2 is 2.22 bits per heavy atom. The lowest BCUT2D eigenvalue weighted by atomic mass is 10.1. The minimum Gasteiger partial charge on any atom is -0.477 e. The molecule has 0 aliphatic heterocycles. The fourth-order valence-electron chi connectivity index (χ4n) is 1.39. The van der Waals surface area contributed by atoms with Crippen molar-refractivity contribution in [2.24, 2.45) is 0 Å². The van der Waals surface area contributed by atoms with E-state index in [9.17, 15) is 14.9 Å². The molecule has 0 saturated heterocycles. The summed E-state index contributed by atoms with van der Waals surface area (Å²) in [6.45, 7) is 0. The molecule has 0 spiro atoms. The number of benzene rings is 1. The molecule has 8 heteroatoms. The standard InChI is InChI=1S/C10H5ClN2O5/c11-8-2-1-5(13(16)17)3-6(8)9-7(10(14)15)4-18-12-9/h1-4H,(H,14,15). The van der Waals surface area contributed by atoms with Crippen molar-refractivity contribution in [1.82, 2.24) is 5.16 Å².